The van der Waals surface area contributed by atoms with Crippen LogP contribution in [-0.4, -0.2) is 49.8 Å². The van der Waals surface area contributed by atoms with Gasteiger partial charge in [0.2, 0.25) is 0 Å². The lowest BCUT2D eigenvalue weighted by Crippen LogP contribution is -2.58. The summed E-state index contributed by atoms with van der Waals surface area (Å²) < 4.78 is 5.34. The molecule has 0 aromatic rings. The van der Waals surface area contributed by atoms with Crippen LogP contribution in [-0.2, 0) is 4.74 Å². The highest BCUT2D eigenvalue weighted by atomic mass is 16.5. The van der Waals surface area contributed by atoms with Gasteiger partial charge in [-0.05, 0) is 19.3 Å². The highest BCUT2D eigenvalue weighted by Gasteiger charge is 2.35. The Morgan fingerprint density at radius 1 is 1.40 bits per heavy atom. The quantitative estimate of drug-likeness (QED) is 0.759. The van der Waals surface area contributed by atoms with Crippen molar-refractivity contribution in [3.05, 3.63) is 0 Å². The van der Waals surface area contributed by atoms with Crippen LogP contribution in [0.1, 0.15) is 32.6 Å². The first-order chi connectivity index (χ1) is 7.33. The molecular weight excluding hydrogens is 188 g/mol. The Hall–Kier alpha value is -0.120. The fourth-order valence-electron chi connectivity index (χ4n) is 2.75. The SMILES string of the molecule is CCCC1CN(C2CC(OC)C2)CCN1. The summed E-state index contributed by atoms with van der Waals surface area (Å²) in [6, 6.07) is 1.53. The predicted octanol–water partition coefficient (Wildman–Crippen LogP) is 1.24. The number of hydrogen-bond acceptors (Lipinski definition) is 3. The van der Waals surface area contributed by atoms with Crippen molar-refractivity contribution < 1.29 is 4.74 Å². The average Bonchev–Trinajstić information content (AvgIpc) is 2.17. The van der Waals surface area contributed by atoms with Crippen molar-refractivity contribution >= 4 is 0 Å². The zero-order valence-electron chi connectivity index (χ0n) is 10.0. The van der Waals surface area contributed by atoms with E-state index in [0.29, 0.717) is 6.10 Å². The summed E-state index contributed by atoms with van der Waals surface area (Å²) >= 11 is 0. The lowest BCUT2D eigenvalue weighted by molar-refractivity contribution is -0.0349. The maximum absolute atomic E-state index is 5.34. The Morgan fingerprint density at radius 3 is 2.87 bits per heavy atom. The van der Waals surface area contributed by atoms with Crippen LogP contribution in [0.15, 0.2) is 0 Å². The summed E-state index contributed by atoms with van der Waals surface area (Å²) in [7, 11) is 1.83. The summed E-state index contributed by atoms with van der Waals surface area (Å²) in [5.41, 5.74) is 0. The van der Waals surface area contributed by atoms with Crippen molar-refractivity contribution in [3.8, 4) is 0 Å². The van der Waals surface area contributed by atoms with Gasteiger partial charge in [-0.15, -0.1) is 0 Å². The molecule has 88 valence electrons. The van der Waals surface area contributed by atoms with Crippen LogP contribution in [0.2, 0.25) is 0 Å². The molecule has 1 unspecified atom stereocenters. The first-order valence-electron chi connectivity index (χ1n) is 6.33. The van der Waals surface area contributed by atoms with Crippen molar-refractivity contribution in [2.24, 2.45) is 0 Å². The van der Waals surface area contributed by atoms with E-state index in [0.717, 1.165) is 12.1 Å². The fraction of sp³-hybridized carbons (Fsp3) is 1.00. The molecule has 15 heavy (non-hydrogen) atoms. The minimum Gasteiger partial charge on any atom is -0.381 e. The van der Waals surface area contributed by atoms with E-state index < -0.39 is 0 Å². The Labute approximate surface area is 93.2 Å². The second kappa shape index (κ2) is 5.28. The first kappa shape index (κ1) is 11.4. The van der Waals surface area contributed by atoms with E-state index >= 15 is 0 Å². The van der Waals surface area contributed by atoms with Crippen LogP contribution in [0.5, 0.6) is 0 Å². The minimum absolute atomic E-state index is 0.537. The van der Waals surface area contributed by atoms with Crippen LogP contribution >= 0.6 is 0 Å². The number of rotatable bonds is 4. The molecule has 1 saturated heterocycles. The molecule has 3 heteroatoms. The molecule has 1 saturated carbocycles. The second-order valence-corrected chi connectivity index (χ2v) is 4.92. The van der Waals surface area contributed by atoms with Crippen LogP contribution in [0.3, 0.4) is 0 Å². The van der Waals surface area contributed by atoms with Crippen molar-refractivity contribution in [3.63, 3.8) is 0 Å². The largest absolute Gasteiger partial charge is 0.381 e. The van der Waals surface area contributed by atoms with E-state index in [4.69, 9.17) is 4.74 Å². The molecule has 1 atom stereocenters. The number of piperazine rings is 1. The summed E-state index contributed by atoms with van der Waals surface area (Å²) in [4.78, 5) is 2.66. The zero-order valence-corrected chi connectivity index (χ0v) is 10.0. The minimum atomic E-state index is 0.537. The molecule has 2 fully saturated rings. The molecule has 1 aliphatic carbocycles. The molecule has 0 spiro atoms. The molecule has 1 N–H and O–H groups in total. The smallest absolute Gasteiger partial charge is 0.0601 e. The van der Waals surface area contributed by atoms with E-state index in [2.05, 4.69) is 17.1 Å². The van der Waals surface area contributed by atoms with Gasteiger partial charge in [0, 0.05) is 38.8 Å². The third-order valence-corrected chi connectivity index (χ3v) is 3.84. The van der Waals surface area contributed by atoms with Gasteiger partial charge in [0.15, 0.2) is 0 Å². The van der Waals surface area contributed by atoms with E-state index in [1.807, 2.05) is 7.11 Å². The molecule has 0 aromatic heterocycles. The normalized spacial score (nSPS) is 37.6. The van der Waals surface area contributed by atoms with Gasteiger partial charge in [-0.2, -0.15) is 0 Å². The predicted molar refractivity (Wildman–Crippen MR) is 62.1 cm³/mol. The third-order valence-electron chi connectivity index (χ3n) is 3.84. The number of nitrogens with zero attached hydrogens (tertiary/aromatic N) is 1. The maximum Gasteiger partial charge on any atom is 0.0601 e. The average molecular weight is 212 g/mol. The van der Waals surface area contributed by atoms with E-state index in [1.165, 1.54) is 45.3 Å². The molecule has 2 aliphatic rings. The monoisotopic (exact) mass is 212 g/mol. The molecular formula is C12H24N2O. The molecule has 1 aliphatic heterocycles. The third kappa shape index (κ3) is 2.71. The van der Waals surface area contributed by atoms with Gasteiger partial charge >= 0.3 is 0 Å². The highest BCUT2D eigenvalue weighted by molar-refractivity contribution is 4.91. The Morgan fingerprint density at radius 2 is 2.20 bits per heavy atom. The molecule has 1 heterocycles. The van der Waals surface area contributed by atoms with Crippen molar-refractivity contribution in [1.82, 2.24) is 10.2 Å². The number of methoxy groups -OCH3 is 1. The van der Waals surface area contributed by atoms with Crippen LogP contribution < -0.4 is 5.32 Å². The van der Waals surface area contributed by atoms with Gasteiger partial charge < -0.3 is 10.1 Å². The number of nitrogens with one attached hydrogen (secondary N) is 1. The van der Waals surface area contributed by atoms with Crippen LogP contribution in [0, 0.1) is 0 Å². The molecule has 0 radical (unpaired) electrons. The topological polar surface area (TPSA) is 24.5 Å². The summed E-state index contributed by atoms with van der Waals surface area (Å²) in [6.07, 6.45) is 5.63. The van der Waals surface area contributed by atoms with Crippen LogP contribution in [0.4, 0.5) is 0 Å². The lowest BCUT2D eigenvalue weighted by atomic mass is 9.87. The van der Waals surface area contributed by atoms with Gasteiger partial charge in [-0.25, -0.2) is 0 Å². The Kier molecular flexibility index (Phi) is 4.00. The highest BCUT2D eigenvalue weighted by Crippen LogP contribution is 2.28. The van der Waals surface area contributed by atoms with Crippen molar-refractivity contribution in [2.75, 3.05) is 26.7 Å². The molecule has 0 bridgehead atoms. The molecule has 0 amide bonds. The lowest BCUT2D eigenvalue weighted by Gasteiger charge is -2.45. The van der Waals surface area contributed by atoms with Gasteiger partial charge in [-0.3, -0.25) is 4.90 Å². The van der Waals surface area contributed by atoms with Gasteiger partial charge in [0.05, 0.1) is 6.10 Å². The maximum atomic E-state index is 5.34. The first-order valence-corrected chi connectivity index (χ1v) is 6.33. The Bertz CT molecular complexity index is 190. The van der Waals surface area contributed by atoms with Gasteiger partial charge in [-0.1, -0.05) is 13.3 Å². The van der Waals surface area contributed by atoms with Gasteiger partial charge in [0.1, 0.15) is 0 Å². The van der Waals surface area contributed by atoms with Crippen molar-refractivity contribution in [1.29, 1.82) is 0 Å². The number of hydrogen-bond donors (Lipinski definition) is 1. The van der Waals surface area contributed by atoms with Crippen LogP contribution in [0.25, 0.3) is 0 Å². The molecule has 2 rings (SSSR count). The standard InChI is InChI=1S/C12H24N2O/c1-3-4-10-9-14(6-5-13-10)11-7-12(8-11)15-2/h10-13H,3-9H2,1-2H3. The number of ether oxygens (including phenoxy) is 1. The van der Waals surface area contributed by atoms with E-state index in [9.17, 15) is 0 Å². The van der Waals surface area contributed by atoms with E-state index in [-0.39, 0.29) is 0 Å². The fourth-order valence-corrected chi connectivity index (χ4v) is 2.75. The summed E-state index contributed by atoms with van der Waals surface area (Å²) in [5, 5.41) is 3.61. The molecule has 3 nitrogen and oxygen atoms in total. The van der Waals surface area contributed by atoms with E-state index in [1.54, 1.807) is 0 Å². The van der Waals surface area contributed by atoms with Gasteiger partial charge in [0.25, 0.3) is 0 Å². The summed E-state index contributed by atoms with van der Waals surface area (Å²) in [6.45, 7) is 5.90. The summed E-state index contributed by atoms with van der Waals surface area (Å²) in [5.74, 6) is 0. The van der Waals surface area contributed by atoms with Crippen molar-refractivity contribution in [2.45, 2.75) is 50.8 Å². The second-order valence-electron chi connectivity index (χ2n) is 4.92. The molecule has 0 aromatic carbocycles. The zero-order chi connectivity index (χ0) is 10.7. The Balaban J connectivity index is 1.73.